The number of rotatable bonds is 5. The Morgan fingerprint density at radius 1 is 1.50 bits per heavy atom. The standard InChI is InChI=1S/C11H14BrNO/c1-2-13-8-11(14)7-9-4-3-5-10(12)6-9/h3-6,13H,2,7-8H2,1H3. The summed E-state index contributed by atoms with van der Waals surface area (Å²) in [5, 5.41) is 3.02. The highest BCUT2D eigenvalue weighted by Crippen LogP contribution is 2.11. The van der Waals surface area contributed by atoms with Crippen molar-refractivity contribution in [3.8, 4) is 0 Å². The van der Waals surface area contributed by atoms with E-state index in [2.05, 4.69) is 21.2 Å². The van der Waals surface area contributed by atoms with Crippen molar-refractivity contribution in [3.63, 3.8) is 0 Å². The van der Waals surface area contributed by atoms with Crippen LogP contribution in [0.25, 0.3) is 0 Å². The molecule has 0 unspecified atom stereocenters. The summed E-state index contributed by atoms with van der Waals surface area (Å²) in [6.45, 7) is 3.29. The normalized spacial score (nSPS) is 10.1. The van der Waals surface area contributed by atoms with E-state index in [1.54, 1.807) is 0 Å². The predicted molar refractivity (Wildman–Crippen MR) is 61.4 cm³/mol. The second kappa shape index (κ2) is 5.94. The predicted octanol–water partition coefficient (Wildman–Crippen LogP) is 2.17. The maximum absolute atomic E-state index is 11.4. The first-order valence-electron chi connectivity index (χ1n) is 4.69. The second-order valence-corrected chi connectivity index (χ2v) is 4.04. The molecule has 0 amide bonds. The number of benzene rings is 1. The van der Waals surface area contributed by atoms with Gasteiger partial charge in [-0.05, 0) is 24.2 Å². The van der Waals surface area contributed by atoms with E-state index in [4.69, 9.17) is 0 Å². The largest absolute Gasteiger partial charge is 0.310 e. The van der Waals surface area contributed by atoms with Crippen molar-refractivity contribution in [2.24, 2.45) is 0 Å². The molecule has 0 bridgehead atoms. The van der Waals surface area contributed by atoms with Gasteiger partial charge in [-0.2, -0.15) is 0 Å². The minimum atomic E-state index is 0.227. The van der Waals surface area contributed by atoms with Gasteiger partial charge in [0.25, 0.3) is 0 Å². The molecule has 1 aromatic carbocycles. The lowest BCUT2D eigenvalue weighted by Gasteiger charge is -2.02. The summed E-state index contributed by atoms with van der Waals surface area (Å²) in [6.07, 6.45) is 0.506. The van der Waals surface area contributed by atoms with Crippen LogP contribution in [0.4, 0.5) is 0 Å². The van der Waals surface area contributed by atoms with E-state index < -0.39 is 0 Å². The van der Waals surface area contributed by atoms with E-state index in [-0.39, 0.29) is 5.78 Å². The number of hydrogen-bond acceptors (Lipinski definition) is 2. The Labute approximate surface area is 92.8 Å². The van der Waals surface area contributed by atoms with E-state index in [0.717, 1.165) is 16.6 Å². The van der Waals surface area contributed by atoms with Crippen LogP contribution in [0.1, 0.15) is 12.5 Å². The van der Waals surface area contributed by atoms with E-state index in [1.165, 1.54) is 0 Å². The fraction of sp³-hybridized carbons (Fsp3) is 0.364. The van der Waals surface area contributed by atoms with Crippen molar-refractivity contribution in [3.05, 3.63) is 34.3 Å². The molecule has 0 spiro atoms. The summed E-state index contributed by atoms with van der Waals surface area (Å²) < 4.78 is 1.02. The van der Waals surface area contributed by atoms with Crippen molar-refractivity contribution in [2.75, 3.05) is 13.1 Å². The summed E-state index contributed by atoms with van der Waals surface area (Å²) in [7, 11) is 0. The first-order chi connectivity index (χ1) is 6.72. The van der Waals surface area contributed by atoms with Crippen molar-refractivity contribution in [1.82, 2.24) is 5.32 Å². The SMILES string of the molecule is CCNCC(=O)Cc1cccc(Br)c1. The van der Waals surface area contributed by atoms with Crippen LogP contribution < -0.4 is 5.32 Å². The average molecular weight is 256 g/mol. The second-order valence-electron chi connectivity index (χ2n) is 3.13. The molecule has 2 nitrogen and oxygen atoms in total. The lowest BCUT2D eigenvalue weighted by molar-refractivity contribution is -0.117. The number of likely N-dealkylation sites (N-methyl/N-ethyl adjacent to an activating group) is 1. The van der Waals surface area contributed by atoms with Gasteiger partial charge in [0.15, 0.2) is 5.78 Å². The summed E-state index contributed by atoms with van der Waals surface area (Å²) in [6, 6.07) is 7.84. The molecule has 0 aliphatic carbocycles. The molecule has 0 fully saturated rings. The van der Waals surface area contributed by atoms with Crippen LogP contribution in [0.2, 0.25) is 0 Å². The highest BCUT2D eigenvalue weighted by Gasteiger charge is 2.02. The van der Waals surface area contributed by atoms with Gasteiger partial charge in [0.1, 0.15) is 0 Å². The minimum absolute atomic E-state index is 0.227. The topological polar surface area (TPSA) is 29.1 Å². The maximum atomic E-state index is 11.4. The molecule has 14 heavy (non-hydrogen) atoms. The number of ketones is 1. The van der Waals surface area contributed by atoms with Gasteiger partial charge in [-0.3, -0.25) is 4.79 Å². The molecule has 0 radical (unpaired) electrons. The molecule has 0 aromatic heterocycles. The summed E-state index contributed by atoms with van der Waals surface area (Å²) in [4.78, 5) is 11.4. The third-order valence-corrected chi connectivity index (χ3v) is 2.36. The Morgan fingerprint density at radius 2 is 2.29 bits per heavy atom. The monoisotopic (exact) mass is 255 g/mol. The van der Waals surface area contributed by atoms with Crippen molar-refractivity contribution in [2.45, 2.75) is 13.3 Å². The molecule has 1 N–H and O–H groups in total. The average Bonchev–Trinajstić information content (AvgIpc) is 2.15. The molecule has 1 rings (SSSR count). The molecule has 0 aliphatic rings. The van der Waals surface area contributed by atoms with Gasteiger partial charge in [0.05, 0.1) is 6.54 Å². The van der Waals surface area contributed by atoms with Crippen LogP contribution in [0.5, 0.6) is 0 Å². The van der Waals surface area contributed by atoms with Crippen LogP contribution in [-0.4, -0.2) is 18.9 Å². The van der Waals surface area contributed by atoms with Crippen molar-refractivity contribution < 1.29 is 4.79 Å². The van der Waals surface area contributed by atoms with Crippen LogP contribution in [0.3, 0.4) is 0 Å². The lowest BCUT2D eigenvalue weighted by Crippen LogP contribution is -2.23. The fourth-order valence-corrected chi connectivity index (χ4v) is 1.65. The summed E-state index contributed by atoms with van der Waals surface area (Å²) in [5.41, 5.74) is 1.06. The Kier molecular flexibility index (Phi) is 4.84. The third kappa shape index (κ3) is 4.03. The zero-order chi connectivity index (χ0) is 10.4. The zero-order valence-electron chi connectivity index (χ0n) is 8.22. The number of nitrogens with one attached hydrogen (secondary N) is 1. The lowest BCUT2D eigenvalue weighted by atomic mass is 10.1. The van der Waals surface area contributed by atoms with Gasteiger partial charge in [0.2, 0.25) is 0 Å². The van der Waals surface area contributed by atoms with Crippen molar-refractivity contribution >= 4 is 21.7 Å². The molecular formula is C11H14BrNO. The number of carbonyl (C=O) groups excluding carboxylic acids is 1. The first-order valence-corrected chi connectivity index (χ1v) is 5.48. The van der Waals surface area contributed by atoms with Gasteiger partial charge in [-0.15, -0.1) is 0 Å². The molecule has 0 saturated carbocycles. The first kappa shape index (κ1) is 11.4. The van der Waals surface area contributed by atoms with Crippen LogP contribution in [-0.2, 0) is 11.2 Å². The molecular weight excluding hydrogens is 242 g/mol. The Morgan fingerprint density at radius 3 is 2.93 bits per heavy atom. The Balaban J connectivity index is 2.47. The van der Waals surface area contributed by atoms with E-state index >= 15 is 0 Å². The Bertz CT molecular complexity index is 312. The van der Waals surface area contributed by atoms with Gasteiger partial charge < -0.3 is 5.32 Å². The molecule has 0 saturated heterocycles. The smallest absolute Gasteiger partial charge is 0.150 e. The van der Waals surface area contributed by atoms with Gasteiger partial charge in [-0.25, -0.2) is 0 Å². The number of carbonyl (C=O) groups is 1. The van der Waals surface area contributed by atoms with E-state index in [9.17, 15) is 4.79 Å². The van der Waals surface area contributed by atoms with Crippen LogP contribution in [0, 0.1) is 0 Å². The summed E-state index contributed by atoms with van der Waals surface area (Å²) >= 11 is 3.38. The maximum Gasteiger partial charge on any atom is 0.150 e. The van der Waals surface area contributed by atoms with E-state index in [1.807, 2.05) is 31.2 Å². The van der Waals surface area contributed by atoms with Gasteiger partial charge in [0, 0.05) is 10.9 Å². The summed E-state index contributed by atoms with van der Waals surface area (Å²) in [5.74, 6) is 0.227. The molecule has 0 heterocycles. The minimum Gasteiger partial charge on any atom is -0.310 e. The van der Waals surface area contributed by atoms with Crippen LogP contribution in [0.15, 0.2) is 28.7 Å². The number of hydrogen-bond donors (Lipinski definition) is 1. The van der Waals surface area contributed by atoms with E-state index in [0.29, 0.717) is 13.0 Å². The van der Waals surface area contributed by atoms with Gasteiger partial charge in [-0.1, -0.05) is 35.0 Å². The highest BCUT2D eigenvalue weighted by molar-refractivity contribution is 9.10. The molecule has 1 aromatic rings. The molecule has 0 aliphatic heterocycles. The fourth-order valence-electron chi connectivity index (χ4n) is 1.20. The quantitative estimate of drug-likeness (QED) is 0.874. The van der Waals surface area contributed by atoms with Crippen molar-refractivity contribution in [1.29, 1.82) is 0 Å². The molecule has 76 valence electrons. The van der Waals surface area contributed by atoms with Crippen LogP contribution >= 0.6 is 15.9 Å². The van der Waals surface area contributed by atoms with Gasteiger partial charge >= 0.3 is 0 Å². The highest BCUT2D eigenvalue weighted by atomic mass is 79.9. The number of Topliss-reactive ketones (excluding diaryl/α,β-unsaturated/α-hetero) is 1. The molecule has 0 atom stereocenters. The molecule has 3 heteroatoms. The third-order valence-electron chi connectivity index (χ3n) is 1.86. The zero-order valence-corrected chi connectivity index (χ0v) is 9.80. The Hall–Kier alpha value is -0.670. The number of halogens is 1.